The SMILES string of the molecule is CNC1CCN(CC(O)C(C)C)C1=O. The van der Waals surface area contributed by atoms with Crippen molar-refractivity contribution in [3.63, 3.8) is 0 Å². The van der Waals surface area contributed by atoms with Gasteiger partial charge in [-0.15, -0.1) is 0 Å². The fourth-order valence-corrected chi connectivity index (χ4v) is 1.62. The maximum absolute atomic E-state index is 11.6. The van der Waals surface area contributed by atoms with Crippen LogP contribution in [0.15, 0.2) is 0 Å². The highest BCUT2D eigenvalue weighted by molar-refractivity contribution is 5.83. The highest BCUT2D eigenvalue weighted by atomic mass is 16.3. The molecule has 0 bridgehead atoms. The van der Waals surface area contributed by atoms with Crippen molar-refractivity contribution in [3.8, 4) is 0 Å². The van der Waals surface area contributed by atoms with Gasteiger partial charge in [-0.1, -0.05) is 13.8 Å². The highest BCUT2D eigenvalue weighted by Crippen LogP contribution is 2.13. The van der Waals surface area contributed by atoms with Gasteiger partial charge in [0.1, 0.15) is 0 Å². The van der Waals surface area contributed by atoms with E-state index in [1.54, 1.807) is 11.9 Å². The van der Waals surface area contributed by atoms with Gasteiger partial charge < -0.3 is 15.3 Å². The van der Waals surface area contributed by atoms with Crippen molar-refractivity contribution < 1.29 is 9.90 Å². The van der Waals surface area contributed by atoms with Gasteiger partial charge in [0.15, 0.2) is 0 Å². The number of aliphatic hydroxyl groups excluding tert-OH is 1. The highest BCUT2D eigenvalue weighted by Gasteiger charge is 2.31. The van der Waals surface area contributed by atoms with Crippen molar-refractivity contribution in [1.82, 2.24) is 10.2 Å². The van der Waals surface area contributed by atoms with E-state index in [2.05, 4.69) is 5.32 Å². The molecule has 1 heterocycles. The van der Waals surface area contributed by atoms with Gasteiger partial charge >= 0.3 is 0 Å². The molecular formula is C10H20N2O2. The summed E-state index contributed by atoms with van der Waals surface area (Å²) in [6.45, 7) is 5.14. The Morgan fingerprint density at radius 3 is 2.71 bits per heavy atom. The molecule has 0 radical (unpaired) electrons. The van der Waals surface area contributed by atoms with E-state index in [1.807, 2.05) is 13.8 Å². The lowest BCUT2D eigenvalue weighted by atomic mass is 10.1. The van der Waals surface area contributed by atoms with Crippen LogP contribution >= 0.6 is 0 Å². The zero-order chi connectivity index (χ0) is 10.7. The Kier molecular flexibility index (Phi) is 3.89. The Labute approximate surface area is 85.3 Å². The van der Waals surface area contributed by atoms with Crippen molar-refractivity contribution in [2.24, 2.45) is 5.92 Å². The second kappa shape index (κ2) is 4.75. The van der Waals surface area contributed by atoms with Gasteiger partial charge in [0.25, 0.3) is 0 Å². The Morgan fingerprint density at radius 2 is 2.29 bits per heavy atom. The molecule has 1 rings (SSSR count). The van der Waals surface area contributed by atoms with Crippen LogP contribution in [-0.4, -0.2) is 48.2 Å². The van der Waals surface area contributed by atoms with E-state index in [-0.39, 0.29) is 17.9 Å². The third-order valence-electron chi connectivity index (χ3n) is 2.82. The third-order valence-corrected chi connectivity index (χ3v) is 2.82. The molecule has 0 saturated carbocycles. The Hall–Kier alpha value is -0.610. The van der Waals surface area contributed by atoms with Crippen LogP contribution in [0, 0.1) is 5.92 Å². The number of likely N-dealkylation sites (tertiary alicyclic amines) is 1. The molecule has 1 saturated heterocycles. The number of nitrogens with zero attached hydrogens (tertiary/aromatic N) is 1. The summed E-state index contributed by atoms with van der Waals surface area (Å²) in [5, 5.41) is 12.6. The summed E-state index contributed by atoms with van der Waals surface area (Å²) in [6.07, 6.45) is 0.440. The normalized spacial score (nSPS) is 24.8. The molecule has 14 heavy (non-hydrogen) atoms. The van der Waals surface area contributed by atoms with E-state index in [0.717, 1.165) is 13.0 Å². The molecular weight excluding hydrogens is 180 g/mol. The zero-order valence-corrected chi connectivity index (χ0v) is 9.16. The van der Waals surface area contributed by atoms with Crippen molar-refractivity contribution in [2.45, 2.75) is 32.4 Å². The first-order chi connectivity index (χ1) is 6.56. The monoisotopic (exact) mass is 200 g/mol. The molecule has 2 N–H and O–H groups in total. The number of carbonyl (C=O) groups is 1. The van der Waals surface area contributed by atoms with E-state index < -0.39 is 6.10 Å². The first-order valence-corrected chi connectivity index (χ1v) is 5.20. The van der Waals surface area contributed by atoms with Gasteiger partial charge in [0.05, 0.1) is 12.1 Å². The number of nitrogens with one attached hydrogen (secondary N) is 1. The van der Waals surface area contributed by atoms with E-state index in [1.165, 1.54) is 0 Å². The zero-order valence-electron chi connectivity index (χ0n) is 9.16. The molecule has 0 aromatic heterocycles. The molecule has 82 valence electrons. The first-order valence-electron chi connectivity index (χ1n) is 5.20. The van der Waals surface area contributed by atoms with Crippen molar-refractivity contribution in [1.29, 1.82) is 0 Å². The standard InChI is InChI=1S/C10H20N2O2/c1-7(2)9(13)6-12-5-4-8(11-3)10(12)14/h7-9,11,13H,4-6H2,1-3H3. The summed E-state index contributed by atoms with van der Waals surface area (Å²) >= 11 is 0. The minimum atomic E-state index is -0.408. The molecule has 2 atom stereocenters. The van der Waals surface area contributed by atoms with Gasteiger partial charge in [0, 0.05) is 13.1 Å². The molecule has 0 aromatic rings. The van der Waals surface area contributed by atoms with Crippen LogP contribution in [-0.2, 0) is 4.79 Å². The van der Waals surface area contributed by atoms with Gasteiger partial charge in [-0.25, -0.2) is 0 Å². The maximum Gasteiger partial charge on any atom is 0.239 e. The summed E-state index contributed by atoms with van der Waals surface area (Å²) in [7, 11) is 1.80. The summed E-state index contributed by atoms with van der Waals surface area (Å²) in [5.74, 6) is 0.323. The second-order valence-corrected chi connectivity index (χ2v) is 4.23. The number of carbonyl (C=O) groups excluding carboxylic acids is 1. The predicted molar refractivity (Wildman–Crippen MR) is 54.9 cm³/mol. The van der Waals surface area contributed by atoms with Crippen LogP contribution in [0.2, 0.25) is 0 Å². The minimum absolute atomic E-state index is 0.0469. The van der Waals surface area contributed by atoms with Crippen LogP contribution < -0.4 is 5.32 Å². The molecule has 4 heteroatoms. The number of aliphatic hydroxyl groups is 1. The fourth-order valence-electron chi connectivity index (χ4n) is 1.62. The van der Waals surface area contributed by atoms with Gasteiger partial charge in [-0.3, -0.25) is 4.79 Å². The van der Waals surface area contributed by atoms with E-state index in [9.17, 15) is 9.90 Å². The number of hydrogen-bond acceptors (Lipinski definition) is 3. The molecule has 0 aromatic carbocycles. The Morgan fingerprint density at radius 1 is 1.64 bits per heavy atom. The molecule has 1 amide bonds. The average molecular weight is 200 g/mol. The van der Waals surface area contributed by atoms with Crippen molar-refractivity contribution >= 4 is 5.91 Å². The minimum Gasteiger partial charge on any atom is -0.391 e. The summed E-state index contributed by atoms with van der Waals surface area (Å²) in [5.41, 5.74) is 0. The number of β-amino-alcohol motifs (C(OH)–C–C–N with tert-alkyl or cyclic N) is 1. The largest absolute Gasteiger partial charge is 0.391 e. The van der Waals surface area contributed by atoms with Crippen LogP contribution in [0.1, 0.15) is 20.3 Å². The maximum atomic E-state index is 11.6. The topological polar surface area (TPSA) is 52.6 Å². The van der Waals surface area contributed by atoms with Crippen LogP contribution in [0.25, 0.3) is 0 Å². The number of hydrogen-bond donors (Lipinski definition) is 2. The summed E-state index contributed by atoms with van der Waals surface area (Å²) in [4.78, 5) is 13.4. The lowest BCUT2D eigenvalue weighted by molar-refractivity contribution is -0.130. The van der Waals surface area contributed by atoms with Crippen LogP contribution in [0.5, 0.6) is 0 Å². The lowest BCUT2D eigenvalue weighted by Crippen LogP contribution is -2.40. The van der Waals surface area contributed by atoms with Crippen molar-refractivity contribution in [2.75, 3.05) is 20.1 Å². The average Bonchev–Trinajstić information content (AvgIpc) is 2.47. The fraction of sp³-hybridized carbons (Fsp3) is 0.900. The molecule has 0 aliphatic carbocycles. The van der Waals surface area contributed by atoms with E-state index >= 15 is 0 Å². The Bertz CT molecular complexity index is 206. The molecule has 4 nitrogen and oxygen atoms in total. The van der Waals surface area contributed by atoms with Gasteiger partial charge in [-0.2, -0.15) is 0 Å². The Balaban J connectivity index is 2.44. The van der Waals surface area contributed by atoms with Crippen LogP contribution in [0.3, 0.4) is 0 Å². The quantitative estimate of drug-likeness (QED) is 0.662. The molecule has 1 fully saturated rings. The smallest absolute Gasteiger partial charge is 0.239 e. The third kappa shape index (κ3) is 2.45. The van der Waals surface area contributed by atoms with Gasteiger partial charge in [-0.05, 0) is 19.4 Å². The van der Waals surface area contributed by atoms with E-state index in [0.29, 0.717) is 6.54 Å². The molecule has 1 aliphatic heterocycles. The summed E-state index contributed by atoms with van der Waals surface area (Å²) in [6, 6.07) is -0.0469. The molecule has 2 unspecified atom stereocenters. The van der Waals surface area contributed by atoms with Crippen LogP contribution in [0.4, 0.5) is 0 Å². The number of rotatable bonds is 4. The second-order valence-electron chi connectivity index (χ2n) is 4.23. The van der Waals surface area contributed by atoms with Crippen molar-refractivity contribution in [3.05, 3.63) is 0 Å². The van der Waals surface area contributed by atoms with Gasteiger partial charge in [0.2, 0.25) is 5.91 Å². The molecule has 1 aliphatic rings. The predicted octanol–water partition coefficient (Wildman–Crippen LogP) is -0.176. The lowest BCUT2D eigenvalue weighted by Gasteiger charge is -2.22. The first kappa shape index (κ1) is 11.5. The number of likely N-dealkylation sites (N-methyl/N-ethyl adjacent to an activating group) is 1. The van der Waals surface area contributed by atoms with E-state index in [4.69, 9.17) is 0 Å². The summed E-state index contributed by atoms with van der Waals surface area (Å²) < 4.78 is 0. The number of amides is 1. The molecule has 0 spiro atoms.